The molecule has 0 unspecified atom stereocenters. The number of para-hydroxylation sites is 1. The normalized spacial score (nSPS) is 16.1. The molecule has 2 amide bonds. The van der Waals surface area contributed by atoms with Gasteiger partial charge in [0.05, 0.1) is 7.11 Å². The fourth-order valence-electron chi connectivity index (χ4n) is 2.35. The first-order valence-electron chi connectivity index (χ1n) is 8.04. The maximum absolute atomic E-state index is 12.2. The molecule has 0 fully saturated rings. The molecule has 0 radical (unpaired) electrons. The van der Waals surface area contributed by atoms with Crippen molar-refractivity contribution in [3.8, 4) is 11.5 Å². The predicted molar refractivity (Wildman–Crippen MR) is 102 cm³/mol. The summed E-state index contributed by atoms with van der Waals surface area (Å²) in [6.07, 6.45) is 0.0634. The van der Waals surface area contributed by atoms with E-state index in [1.54, 1.807) is 31.4 Å². The Bertz CT molecular complexity index is 806. The van der Waals surface area contributed by atoms with E-state index in [9.17, 15) is 9.59 Å². The number of thioether (sulfide) groups is 1. The molecule has 3 rings (SSSR count). The quantitative estimate of drug-likeness (QED) is 0.810. The van der Waals surface area contributed by atoms with Gasteiger partial charge in [0.15, 0.2) is 0 Å². The van der Waals surface area contributed by atoms with Crippen LogP contribution in [0, 0.1) is 0 Å². The summed E-state index contributed by atoms with van der Waals surface area (Å²) in [5.41, 5.74) is 0.653. The van der Waals surface area contributed by atoms with Gasteiger partial charge in [0.2, 0.25) is 5.91 Å². The lowest BCUT2D eigenvalue weighted by molar-refractivity contribution is -0.121. The molecular formula is C19H18N2O4S. The van der Waals surface area contributed by atoms with Crippen molar-refractivity contribution in [3.05, 3.63) is 54.6 Å². The highest BCUT2D eigenvalue weighted by Crippen LogP contribution is 2.26. The lowest BCUT2D eigenvalue weighted by atomic mass is 10.2. The summed E-state index contributed by atoms with van der Waals surface area (Å²) in [5.74, 6) is 0.887. The number of anilines is 1. The topological polar surface area (TPSA) is 77.0 Å². The van der Waals surface area contributed by atoms with Crippen molar-refractivity contribution in [2.24, 2.45) is 4.99 Å². The van der Waals surface area contributed by atoms with E-state index in [0.29, 0.717) is 22.2 Å². The van der Waals surface area contributed by atoms with Crippen LogP contribution in [0.4, 0.5) is 5.69 Å². The van der Waals surface area contributed by atoms with Crippen LogP contribution in [0.3, 0.4) is 0 Å². The van der Waals surface area contributed by atoms with Crippen LogP contribution in [0.5, 0.6) is 11.5 Å². The number of ether oxygens (including phenoxy) is 2. The van der Waals surface area contributed by atoms with Gasteiger partial charge in [0.25, 0.3) is 5.91 Å². The zero-order valence-electron chi connectivity index (χ0n) is 14.2. The molecule has 0 bridgehead atoms. The van der Waals surface area contributed by atoms with Gasteiger partial charge in [-0.3, -0.25) is 9.59 Å². The molecule has 6 nitrogen and oxygen atoms in total. The summed E-state index contributed by atoms with van der Waals surface area (Å²) in [4.78, 5) is 28.2. The summed E-state index contributed by atoms with van der Waals surface area (Å²) >= 11 is 1.28. The second-order valence-electron chi connectivity index (χ2n) is 5.53. The summed E-state index contributed by atoms with van der Waals surface area (Å²) in [6.45, 7) is 0.219. The fourth-order valence-corrected chi connectivity index (χ4v) is 3.33. The second-order valence-corrected chi connectivity index (χ2v) is 6.81. The Morgan fingerprint density at radius 2 is 1.85 bits per heavy atom. The molecule has 1 N–H and O–H groups in total. The highest BCUT2D eigenvalue weighted by atomic mass is 32.2. The van der Waals surface area contributed by atoms with Crippen LogP contribution in [0.1, 0.15) is 6.42 Å². The molecule has 0 aliphatic carbocycles. The van der Waals surface area contributed by atoms with Gasteiger partial charge in [0.1, 0.15) is 28.4 Å². The first-order valence-corrected chi connectivity index (χ1v) is 8.92. The van der Waals surface area contributed by atoms with Crippen molar-refractivity contribution in [1.82, 2.24) is 0 Å². The summed E-state index contributed by atoms with van der Waals surface area (Å²) < 4.78 is 10.7. The van der Waals surface area contributed by atoms with Gasteiger partial charge in [-0.2, -0.15) is 0 Å². The standard InChI is InChI=1S/C19H18N2O4S/c1-24-14-9-7-13(8-10-14)20-17(22)11-16-19(23)21-18(26-16)12-25-15-5-3-2-4-6-15/h2-10,16H,11-12H2,1H3,(H,20,22)/t16-/m0/s1. The zero-order valence-corrected chi connectivity index (χ0v) is 15.0. The second kappa shape index (κ2) is 8.53. The highest BCUT2D eigenvalue weighted by Gasteiger charge is 2.30. The van der Waals surface area contributed by atoms with Crippen molar-refractivity contribution < 1.29 is 19.1 Å². The number of hydrogen-bond acceptors (Lipinski definition) is 5. The third-order valence-electron chi connectivity index (χ3n) is 3.64. The Hall–Kier alpha value is -2.80. The number of nitrogens with one attached hydrogen (secondary N) is 1. The number of aliphatic imine (C=N–C) groups is 1. The number of hydrogen-bond donors (Lipinski definition) is 1. The van der Waals surface area contributed by atoms with Crippen molar-refractivity contribution in [3.63, 3.8) is 0 Å². The van der Waals surface area contributed by atoms with Gasteiger partial charge >= 0.3 is 0 Å². The van der Waals surface area contributed by atoms with Crippen LogP contribution in [0.2, 0.25) is 0 Å². The largest absolute Gasteiger partial charge is 0.497 e. The van der Waals surface area contributed by atoms with Crippen molar-refractivity contribution in [2.45, 2.75) is 11.7 Å². The minimum Gasteiger partial charge on any atom is -0.497 e. The molecule has 1 heterocycles. The Balaban J connectivity index is 1.48. The van der Waals surface area contributed by atoms with Crippen molar-refractivity contribution in [1.29, 1.82) is 0 Å². The summed E-state index contributed by atoms with van der Waals surface area (Å²) in [7, 11) is 1.58. The molecule has 7 heteroatoms. The molecule has 134 valence electrons. The monoisotopic (exact) mass is 370 g/mol. The molecule has 26 heavy (non-hydrogen) atoms. The van der Waals surface area contributed by atoms with E-state index < -0.39 is 5.25 Å². The maximum Gasteiger partial charge on any atom is 0.260 e. The lowest BCUT2D eigenvalue weighted by Crippen LogP contribution is -2.21. The number of rotatable bonds is 7. The minimum atomic E-state index is -0.511. The van der Waals surface area contributed by atoms with Gasteiger partial charge in [-0.1, -0.05) is 30.0 Å². The van der Waals surface area contributed by atoms with Crippen LogP contribution < -0.4 is 14.8 Å². The zero-order chi connectivity index (χ0) is 18.4. The molecule has 2 aromatic carbocycles. The molecule has 0 saturated heterocycles. The average Bonchev–Trinajstić information content (AvgIpc) is 3.01. The first-order chi connectivity index (χ1) is 12.6. The Morgan fingerprint density at radius 1 is 1.12 bits per heavy atom. The van der Waals surface area contributed by atoms with E-state index >= 15 is 0 Å². The van der Waals surface area contributed by atoms with Crippen molar-refractivity contribution >= 4 is 34.3 Å². The van der Waals surface area contributed by atoms with Crippen LogP contribution in [-0.2, 0) is 9.59 Å². The van der Waals surface area contributed by atoms with Gasteiger partial charge in [-0.15, -0.1) is 0 Å². The number of benzene rings is 2. The molecule has 0 saturated carbocycles. The average molecular weight is 370 g/mol. The van der Waals surface area contributed by atoms with Gasteiger partial charge in [-0.25, -0.2) is 4.99 Å². The van der Waals surface area contributed by atoms with E-state index in [4.69, 9.17) is 9.47 Å². The smallest absolute Gasteiger partial charge is 0.260 e. The molecule has 0 aromatic heterocycles. The SMILES string of the molecule is COc1ccc(NC(=O)C[C@@H]2SC(COc3ccccc3)=NC2=O)cc1. The van der Waals surface area contributed by atoms with E-state index in [0.717, 1.165) is 0 Å². The fraction of sp³-hybridized carbons (Fsp3) is 0.211. The third-order valence-corrected chi connectivity index (χ3v) is 4.77. The molecule has 2 aromatic rings. The van der Waals surface area contributed by atoms with Crippen LogP contribution in [-0.4, -0.2) is 35.8 Å². The van der Waals surface area contributed by atoms with E-state index in [1.807, 2.05) is 30.3 Å². The number of methoxy groups -OCH3 is 1. The Kier molecular flexibility index (Phi) is 5.91. The summed E-state index contributed by atoms with van der Waals surface area (Å²) in [5, 5.41) is 2.84. The molecule has 1 atom stereocenters. The number of amides is 2. The van der Waals surface area contributed by atoms with Gasteiger partial charge < -0.3 is 14.8 Å². The minimum absolute atomic E-state index is 0.0634. The van der Waals surface area contributed by atoms with Gasteiger partial charge in [-0.05, 0) is 36.4 Å². The first kappa shape index (κ1) is 18.0. The van der Waals surface area contributed by atoms with Crippen LogP contribution in [0.15, 0.2) is 59.6 Å². The molecule has 0 spiro atoms. The number of carbonyl (C=O) groups excluding carboxylic acids is 2. The summed E-state index contributed by atoms with van der Waals surface area (Å²) in [6, 6.07) is 16.3. The molecule has 1 aliphatic heterocycles. The predicted octanol–water partition coefficient (Wildman–Crippen LogP) is 3.14. The highest BCUT2D eigenvalue weighted by molar-refractivity contribution is 8.15. The van der Waals surface area contributed by atoms with Gasteiger partial charge in [0, 0.05) is 12.1 Å². The number of carbonyl (C=O) groups is 2. The third kappa shape index (κ3) is 4.86. The lowest BCUT2D eigenvalue weighted by Gasteiger charge is -2.09. The molecular weight excluding hydrogens is 352 g/mol. The molecule has 1 aliphatic rings. The Labute approximate surface area is 155 Å². The maximum atomic E-state index is 12.2. The van der Waals surface area contributed by atoms with Crippen LogP contribution in [0.25, 0.3) is 0 Å². The van der Waals surface area contributed by atoms with Crippen molar-refractivity contribution in [2.75, 3.05) is 19.0 Å². The van der Waals surface area contributed by atoms with E-state index in [2.05, 4.69) is 10.3 Å². The van der Waals surface area contributed by atoms with Crippen LogP contribution >= 0.6 is 11.8 Å². The Morgan fingerprint density at radius 3 is 2.54 bits per heavy atom. The van der Waals surface area contributed by atoms with E-state index in [-0.39, 0.29) is 24.8 Å². The van der Waals surface area contributed by atoms with E-state index in [1.165, 1.54) is 11.8 Å². The number of nitrogens with zero attached hydrogens (tertiary/aromatic N) is 1.